The average Bonchev–Trinajstić information content (AvgIpc) is 3.22. The second kappa shape index (κ2) is 7.14. The van der Waals surface area contributed by atoms with E-state index in [9.17, 15) is 0 Å². The summed E-state index contributed by atoms with van der Waals surface area (Å²) in [4.78, 5) is 27.5. The Morgan fingerprint density at radius 1 is 0.821 bits per heavy atom. The molecule has 28 heavy (non-hydrogen) atoms. The summed E-state index contributed by atoms with van der Waals surface area (Å²) >= 11 is 0. The highest BCUT2D eigenvalue weighted by molar-refractivity contribution is 5.59. The highest BCUT2D eigenvalue weighted by atomic mass is 15.3. The first kappa shape index (κ1) is 17.0. The minimum Gasteiger partial charge on any atom is -0.353 e. The molecule has 1 fully saturated rings. The Bertz CT molecular complexity index is 981. The van der Waals surface area contributed by atoms with E-state index in [1.165, 1.54) is 17.7 Å². The fourth-order valence-electron chi connectivity index (χ4n) is 4.10. The van der Waals surface area contributed by atoms with Gasteiger partial charge in [-0.2, -0.15) is 0 Å². The molecule has 7 nitrogen and oxygen atoms in total. The third-order valence-corrected chi connectivity index (χ3v) is 5.50. The molecule has 0 saturated carbocycles. The molecule has 0 atom stereocenters. The molecule has 3 aromatic rings. The van der Waals surface area contributed by atoms with Gasteiger partial charge < -0.3 is 9.80 Å². The van der Waals surface area contributed by atoms with Crippen molar-refractivity contribution in [2.24, 2.45) is 0 Å². The summed E-state index contributed by atoms with van der Waals surface area (Å²) in [6, 6.07) is 5.90. The molecule has 1 aliphatic carbocycles. The van der Waals surface area contributed by atoms with Crippen molar-refractivity contribution in [1.82, 2.24) is 24.9 Å². The van der Waals surface area contributed by atoms with E-state index in [0.717, 1.165) is 67.9 Å². The van der Waals surface area contributed by atoms with Gasteiger partial charge >= 0.3 is 0 Å². The van der Waals surface area contributed by atoms with Crippen molar-refractivity contribution in [3.63, 3.8) is 0 Å². The number of fused-ring (bicyclic) bond motifs is 1. The monoisotopic (exact) mass is 373 g/mol. The molecule has 0 radical (unpaired) electrons. The predicted molar refractivity (Wildman–Crippen MR) is 108 cm³/mol. The summed E-state index contributed by atoms with van der Waals surface area (Å²) in [5.74, 6) is 2.82. The lowest BCUT2D eigenvalue weighted by Gasteiger charge is -2.36. The van der Waals surface area contributed by atoms with Crippen molar-refractivity contribution in [2.75, 3.05) is 36.0 Å². The van der Waals surface area contributed by atoms with Crippen molar-refractivity contribution in [3.05, 3.63) is 53.9 Å². The summed E-state index contributed by atoms with van der Waals surface area (Å²) in [7, 11) is 0. The number of hydrogen-bond acceptors (Lipinski definition) is 7. The molecule has 5 rings (SSSR count). The normalized spacial score (nSPS) is 16.3. The summed E-state index contributed by atoms with van der Waals surface area (Å²) < 4.78 is 0. The number of piperazine rings is 1. The van der Waals surface area contributed by atoms with E-state index in [1.54, 1.807) is 12.4 Å². The molecule has 0 N–H and O–H groups in total. The van der Waals surface area contributed by atoms with E-state index in [2.05, 4.69) is 24.8 Å². The molecule has 2 aliphatic rings. The largest absolute Gasteiger partial charge is 0.353 e. The van der Waals surface area contributed by atoms with Crippen LogP contribution in [0.5, 0.6) is 0 Å². The Labute approximate surface area is 164 Å². The maximum Gasteiger partial charge on any atom is 0.225 e. The number of pyridine rings is 1. The summed E-state index contributed by atoms with van der Waals surface area (Å²) in [6.45, 7) is 5.61. The highest BCUT2D eigenvalue weighted by Gasteiger charge is 2.26. The second-order valence-electron chi connectivity index (χ2n) is 7.33. The SMILES string of the molecule is Cc1nc2c(c(N3CCN(c4nccc(-c5ccncc5)n4)CC3)n1)CCC2. The highest BCUT2D eigenvalue weighted by Crippen LogP contribution is 2.29. The smallest absolute Gasteiger partial charge is 0.225 e. The molecule has 7 heteroatoms. The third-order valence-electron chi connectivity index (χ3n) is 5.50. The molecule has 0 amide bonds. The van der Waals surface area contributed by atoms with Crippen LogP contribution in [0.25, 0.3) is 11.3 Å². The van der Waals surface area contributed by atoms with Crippen LogP contribution in [0.1, 0.15) is 23.5 Å². The second-order valence-corrected chi connectivity index (χ2v) is 7.33. The van der Waals surface area contributed by atoms with E-state index >= 15 is 0 Å². The summed E-state index contributed by atoms with van der Waals surface area (Å²) in [5, 5.41) is 0. The maximum absolute atomic E-state index is 4.78. The topological polar surface area (TPSA) is 70.9 Å². The Balaban J connectivity index is 1.33. The van der Waals surface area contributed by atoms with E-state index < -0.39 is 0 Å². The van der Waals surface area contributed by atoms with Gasteiger partial charge in [0.15, 0.2) is 0 Å². The molecule has 0 bridgehead atoms. The lowest BCUT2D eigenvalue weighted by Crippen LogP contribution is -2.47. The molecular weight excluding hydrogens is 350 g/mol. The van der Waals surface area contributed by atoms with Crippen molar-refractivity contribution in [3.8, 4) is 11.3 Å². The van der Waals surface area contributed by atoms with E-state index in [4.69, 9.17) is 9.97 Å². The van der Waals surface area contributed by atoms with Crippen LogP contribution < -0.4 is 9.80 Å². The van der Waals surface area contributed by atoms with Gasteiger partial charge in [0.2, 0.25) is 5.95 Å². The number of nitrogens with zero attached hydrogens (tertiary/aromatic N) is 7. The van der Waals surface area contributed by atoms with Gasteiger partial charge in [-0.3, -0.25) is 4.98 Å². The van der Waals surface area contributed by atoms with Crippen LogP contribution in [-0.2, 0) is 12.8 Å². The van der Waals surface area contributed by atoms with Gasteiger partial charge in [-0.15, -0.1) is 0 Å². The van der Waals surface area contributed by atoms with Gasteiger partial charge in [0.25, 0.3) is 0 Å². The zero-order valence-corrected chi connectivity index (χ0v) is 16.0. The molecule has 4 heterocycles. The van der Waals surface area contributed by atoms with Gasteiger partial charge in [0.05, 0.1) is 5.69 Å². The molecular formula is C21H23N7. The Morgan fingerprint density at radius 2 is 1.61 bits per heavy atom. The van der Waals surface area contributed by atoms with Crippen molar-refractivity contribution in [2.45, 2.75) is 26.2 Å². The number of aromatic nitrogens is 5. The minimum atomic E-state index is 0.790. The average molecular weight is 373 g/mol. The Morgan fingerprint density at radius 3 is 2.43 bits per heavy atom. The van der Waals surface area contributed by atoms with Gasteiger partial charge in [0, 0.05) is 61.6 Å². The van der Waals surface area contributed by atoms with E-state index in [1.807, 2.05) is 31.3 Å². The van der Waals surface area contributed by atoms with Crippen LogP contribution in [0.4, 0.5) is 11.8 Å². The predicted octanol–water partition coefficient (Wildman–Crippen LogP) is 2.45. The van der Waals surface area contributed by atoms with Crippen LogP contribution >= 0.6 is 0 Å². The third kappa shape index (κ3) is 3.17. The fraction of sp³-hybridized carbons (Fsp3) is 0.381. The van der Waals surface area contributed by atoms with Crippen molar-refractivity contribution >= 4 is 11.8 Å². The van der Waals surface area contributed by atoms with Gasteiger partial charge in [-0.05, 0) is 44.4 Å². The van der Waals surface area contributed by atoms with Crippen molar-refractivity contribution < 1.29 is 0 Å². The quantitative estimate of drug-likeness (QED) is 0.698. The fourth-order valence-corrected chi connectivity index (χ4v) is 4.10. The molecule has 0 aromatic carbocycles. The zero-order valence-electron chi connectivity index (χ0n) is 16.0. The van der Waals surface area contributed by atoms with Gasteiger partial charge in [-0.1, -0.05) is 0 Å². The van der Waals surface area contributed by atoms with Crippen LogP contribution in [0.15, 0.2) is 36.8 Å². The van der Waals surface area contributed by atoms with E-state index in [-0.39, 0.29) is 0 Å². The Hall–Kier alpha value is -3.09. The van der Waals surface area contributed by atoms with Crippen LogP contribution in [0.2, 0.25) is 0 Å². The van der Waals surface area contributed by atoms with E-state index in [0.29, 0.717) is 0 Å². The maximum atomic E-state index is 4.78. The zero-order chi connectivity index (χ0) is 18.9. The molecule has 0 spiro atoms. The lowest BCUT2D eigenvalue weighted by molar-refractivity contribution is 0.631. The molecule has 1 aliphatic heterocycles. The number of anilines is 2. The first-order chi connectivity index (χ1) is 13.8. The first-order valence-corrected chi connectivity index (χ1v) is 9.88. The van der Waals surface area contributed by atoms with Crippen molar-refractivity contribution in [1.29, 1.82) is 0 Å². The number of aryl methyl sites for hydroxylation is 2. The first-order valence-electron chi connectivity index (χ1n) is 9.88. The molecule has 3 aromatic heterocycles. The van der Waals surface area contributed by atoms with Crippen LogP contribution in [0, 0.1) is 6.92 Å². The Kier molecular flexibility index (Phi) is 4.35. The summed E-state index contributed by atoms with van der Waals surface area (Å²) in [6.07, 6.45) is 8.79. The minimum absolute atomic E-state index is 0.790. The van der Waals surface area contributed by atoms with Gasteiger partial charge in [-0.25, -0.2) is 19.9 Å². The van der Waals surface area contributed by atoms with Crippen LogP contribution in [-0.4, -0.2) is 51.1 Å². The number of hydrogen-bond donors (Lipinski definition) is 0. The number of rotatable bonds is 3. The van der Waals surface area contributed by atoms with Gasteiger partial charge in [0.1, 0.15) is 11.6 Å². The molecule has 1 saturated heterocycles. The molecule has 0 unspecified atom stereocenters. The van der Waals surface area contributed by atoms with Crippen LogP contribution in [0.3, 0.4) is 0 Å². The molecule has 142 valence electrons. The standard InChI is InChI=1S/C21H23N7/c1-15-24-19-4-2-3-17(19)20(25-15)27-11-13-28(14-12-27)21-23-10-7-18(26-21)16-5-8-22-9-6-16/h5-10H,2-4,11-14H2,1H3. The lowest BCUT2D eigenvalue weighted by atomic mass is 10.2. The summed E-state index contributed by atoms with van der Waals surface area (Å²) in [5.41, 5.74) is 4.59.